The molecule has 17 heavy (non-hydrogen) atoms. The summed E-state index contributed by atoms with van der Waals surface area (Å²) in [5.74, 6) is 0. The number of ether oxygens (including phenoxy) is 2. The van der Waals surface area contributed by atoms with Gasteiger partial charge in [0.2, 0.25) is 0 Å². The molecule has 0 bridgehead atoms. The van der Waals surface area contributed by atoms with Crippen LogP contribution < -0.4 is 0 Å². The molecule has 0 N–H and O–H groups in total. The first-order valence-corrected chi connectivity index (χ1v) is 7.39. The highest BCUT2D eigenvalue weighted by Gasteiger charge is 2.23. The second kappa shape index (κ2) is 4.76. The highest BCUT2D eigenvalue weighted by molar-refractivity contribution is 7.90. The summed E-state index contributed by atoms with van der Waals surface area (Å²) >= 11 is 0. The molecule has 1 aliphatic rings. The average Bonchev–Trinajstić information content (AvgIpc) is 3.09. The highest BCUT2D eigenvalue weighted by Crippen LogP contribution is 2.21. The molecule has 1 fully saturated rings. The Morgan fingerprint density at radius 2 is 2.00 bits per heavy atom. The van der Waals surface area contributed by atoms with Gasteiger partial charge in [0.05, 0.1) is 24.2 Å². The van der Waals surface area contributed by atoms with E-state index in [1.165, 1.54) is 6.26 Å². The summed E-state index contributed by atoms with van der Waals surface area (Å²) in [6.07, 6.45) is 1.40. The Kier molecular flexibility index (Phi) is 3.51. The Balaban J connectivity index is 2.00. The molecule has 1 aromatic carbocycles. The lowest BCUT2D eigenvalue weighted by Gasteiger charge is -2.12. The third-order valence-electron chi connectivity index (χ3n) is 2.71. The van der Waals surface area contributed by atoms with Crippen molar-refractivity contribution < 1.29 is 17.9 Å². The largest absolute Gasteiger partial charge is 0.371 e. The minimum absolute atomic E-state index is 0.0483. The first-order valence-electron chi connectivity index (χ1n) is 5.50. The van der Waals surface area contributed by atoms with E-state index in [0.717, 1.165) is 12.2 Å². The van der Waals surface area contributed by atoms with Crippen molar-refractivity contribution in [3.05, 3.63) is 29.8 Å². The molecule has 1 heterocycles. The van der Waals surface area contributed by atoms with Crippen LogP contribution in [-0.2, 0) is 19.3 Å². The van der Waals surface area contributed by atoms with Crippen LogP contribution in [-0.4, -0.2) is 34.0 Å². The van der Waals surface area contributed by atoms with E-state index in [1.54, 1.807) is 24.3 Å². The maximum Gasteiger partial charge on any atom is 0.175 e. The van der Waals surface area contributed by atoms with E-state index in [0.29, 0.717) is 11.5 Å². The third-order valence-corrected chi connectivity index (χ3v) is 3.84. The van der Waals surface area contributed by atoms with E-state index in [-0.39, 0.29) is 12.2 Å². The minimum atomic E-state index is -3.12. The molecule has 0 amide bonds. The summed E-state index contributed by atoms with van der Waals surface area (Å²) in [4.78, 5) is 0.332. The summed E-state index contributed by atoms with van der Waals surface area (Å²) in [6.45, 7) is 3.31. The van der Waals surface area contributed by atoms with Crippen LogP contribution in [0, 0.1) is 0 Å². The zero-order chi connectivity index (χ0) is 12.5. The van der Waals surface area contributed by atoms with E-state index in [9.17, 15) is 8.42 Å². The molecule has 94 valence electrons. The summed E-state index contributed by atoms with van der Waals surface area (Å²) in [7, 11) is -3.12. The van der Waals surface area contributed by atoms with Gasteiger partial charge in [0, 0.05) is 6.26 Å². The molecule has 0 aliphatic carbocycles. The van der Waals surface area contributed by atoms with E-state index < -0.39 is 9.84 Å². The zero-order valence-electron chi connectivity index (χ0n) is 9.92. The average molecular weight is 256 g/mol. The zero-order valence-corrected chi connectivity index (χ0v) is 10.7. The van der Waals surface area contributed by atoms with Gasteiger partial charge in [0.25, 0.3) is 0 Å². The Morgan fingerprint density at radius 3 is 2.47 bits per heavy atom. The molecule has 4 nitrogen and oxygen atoms in total. The van der Waals surface area contributed by atoms with Gasteiger partial charge < -0.3 is 9.47 Å². The quantitative estimate of drug-likeness (QED) is 0.750. The van der Waals surface area contributed by atoms with Gasteiger partial charge in [-0.05, 0) is 24.6 Å². The molecular weight excluding hydrogens is 240 g/mol. The molecule has 0 radical (unpaired) electrons. The van der Waals surface area contributed by atoms with E-state index in [1.807, 2.05) is 6.92 Å². The number of rotatable bonds is 5. The molecule has 0 saturated carbocycles. The minimum Gasteiger partial charge on any atom is -0.371 e. The molecule has 0 spiro atoms. The smallest absolute Gasteiger partial charge is 0.175 e. The van der Waals surface area contributed by atoms with Crippen LogP contribution >= 0.6 is 0 Å². The fourth-order valence-electron chi connectivity index (χ4n) is 1.50. The van der Waals surface area contributed by atoms with Gasteiger partial charge in [0.15, 0.2) is 9.84 Å². The summed E-state index contributed by atoms with van der Waals surface area (Å²) in [5, 5.41) is 0. The second-order valence-electron chi connectivity index (χ2n) is 4.27. The van der Waals surface area contributed by atoms with Crippen LogP contribution in [0.15, 0.2) is 29.2 Å². The number of sulfone groups is 1. The third kappa shape index (κ3) is 3.52. The molecule has 1 aliphatic heterocycles. The fraction of sp³-hybridized carbons (Fsp3) is 0.500. The second-order valence-corrected chi connectivity index (χ2v) is 6.29. The molecule has 2 atom stereocenters. The molecule has 0 aromatic heterocycles. The molecule has 5 heteroatoms. The van der Waals surface area contributed by atoms with Crippen molar-refractivity contribution in [3.8, 4) is 0 Å². The highest BCUT2D eigenvalue weighted by atomic mass is 32.2. The normalized spacial score (nSPS) is 21.2. The number of hydrogen-bond acceptors (Lipinski definition) is 4. The molecule has 1 aromatic rings. The Hall–Kier alpha value is -0.910. The van der Waals surface area contributed by atoms with Gasteiger partial charge in [-0.25, -0.2) is 8.42 Å². The summed E-state index contributed by atoms with van der Waals surface area (Å²) in [5.41, 5.74) is 0.970. The fourth-order valence-corrected chi connectivity index (χ4v) is 2.13. The lowest BCUT2D eigenvalue weighted by molar-refractivity contribution is 0.0539. The number of epoxide rings is 1. The monoisotopic (exact) mass is 256 g/mol. The Bertz CT molecular complexity index is 474. The molecule has 2 rings (SSSR count). The van der Waals surface area contributed by atoms with Gasteiger partial charge in [0.1, 0.15) is 6.10 Å². The van der Waals surface area contributed by atoms with Crippen LogP contribution in [0.5, 0.6) is 0 Å². The van der Waals surface area contributed by atoms with Gasteiger partial charge in [-0.3, -0.25) is 0 Å². The van der Waals surface area contributed by atoms with Crippen molar-refractivity contribution in [3.63, 3.8) is 0 Å². The number of benzene rings is 1. The van der Waals surface area contributed by atoms with Crippen molar-refractivity contribution in [2.75, 3.05) is 19.5 Å². The van der Waals surface area contributed by atoms with Crippen molar-refractivity contribution in [2.24, 2.45) is 0 Å². The summed E-state index contributed by atoms with van der Waals surface area (Å²) < 4.78 is 33.2. The first-order chi connectivity index (χ1) is 7.97. The van der Waals surface area contributed by atoms with E-state index in [2.05, 4.69) is 0 Å². The number of hydrogen-bond donors (Lipinski definition) is 0. The van der Waals surface area contributed by atoms with E-state index >= 15 is 0 Å². The lowest BCUT2D eigenvalue weighted by atomic mass is 10.1. The maximum absolute atomic E-state index is 11.3. The van der Waals surface area contributed by atoms with Crippen molar-refractivity contribution in [2.45, 2.75) is 24.0 Å². The molecule has 0 unspecified atom stereocenters. The van der Waals surface area contributed by atoms with Crippen LogP contribution in [0.25, 0.3) is 0 Å². The van der Waals surface area contributed by atoms with Crippen molar-refractivity contribution in [1.29, 1.82) is 0 Å². The lowest BCUT2D eigenvalue weighted by Crippen LogP contribution is -2.06. The van der Waals surface area contributed by atoms with Crippen molar-refractivity contribution in [1.82, 2.24) is 0 Å². The van der Waals surface area contributed by atoms with E-state index in [4.69, 9.17) is 9.47 Å². The standard InChI is InChI=1S/C12H16O4S/c1-9(15-7-11-8-16-11)10-3-5-12(6-4-10)17(2,13)14/h3-6,9,11H,7-8H2,1-2H3/t9-,11-/m1/s1. The maximum atomic E-state index is 11.3. The predicted molar refractivity (Wildman–Crippen MR) is 63.7 cm³/mol. The predicted octanol–water partition coefficient (Wildman–Crippen LogP) is 1.57. The first kappa shape index (κ1) is 12.5. The molecular formula is C12H16O4S. The van der Waals surface area contributed by atoms with Gasteiger partial charge in [-0.15, -0.1) is 0 Å². The van der Waals surface area contributed by atoms with Crippen LogP contribution in [0.1, 0.15) is 18.6 Å². The van der Waals surface area contributed by atoms with Crippen LogP contribution in [0.3, 0.4) is 0 Å². The van der Waals surface area contributed by atoms with Gasteiger partial charge in [-0.1, -0.05) is 12.1 Å². The summed E-state index contributed by atoms with van der Waals surface area (Å²) in [6, 6.07) is 6.79. The van der Waals surface area contributed by atoms with Gasteiger partial charge >= 0.3 is 0 Å². The Labute approximate surface area is 101 Å². The van der Waals surface area contributed by atoms with Crippen LogP contribution in [0.2, 0.25) is 0 Å². The Morgan fingerprint density at radius 1 is 1.41 bits per heavy atom. The van der Waals surface area contributed by atoms with Crippen LogP contribution in [0.4, 0.5) is 0 Å². The topological polar surface area (TPSA) is 55.9 Å². The molecule has 1 saturated heterocycles. The SMILES string of the molecule is C[C@@H](OC[C@@H]1CO1)c1ccc(S(C)(=O)=O)cc1. The van der Waals surface area contributed by atoms with Gasteiger partial charge in [-0.2, -0.15) is 0 Å². The van der Waals surface area contributed by atoms with Crippen molar-refractivity contribution >= 4 is 9.84 Å².